The van der Waals surface area contributed by atoms with Gasteiger partial charge in [-0.3, -0.25) is 4.79 Å². The monoisotopic (exact) mass is 216 g/mol. The van der Waals surface area contributed by atoms with Gasteiger partial charge in [-0.1, -0.05) is 0 Å². The van der Waals surface area contributed by atoms with Crippen LogP contribution in [-0.4, -0.2) is 50.2 Å². The number of nitrogens with one attached hydrogen (secondary N) is 1. The number of nitrogens with zero attached hydrogens (tertiary/aromatic N) is 1. The van der Waals surface area contributed by atoms with Crippen molar-refractivity contribution in [1.29, 1.82) is 0 Å². The first kappa shape index (κ1) is 14.4. The van der Waals surface area contributed by atoms with Gasteiger partial charge in [-0.15, -0.1) is 0 Å². The van der Waals surface area contributed by atoms with Crippen LogP contribution in [0.2, 0.25) is 0 Å². The molecule has 1 amide bonds. The first-order chi connectivity index (χ1) is 7.26. The molecule has 0 aromatic heterocycles. The second-order valence-corrected chi connectivity index (χ2v) is 3.29. The molecule has 0 bridgehead atoms. The molecular formula is C11H24N2O2. The van der Waals surface area contributed by atoms with Crippen LogP contribution in [-0.2, 0) is 9.53 Å². The number of ether oxygens (including phenoxy) is 1. The first-order valence-electron chi connectivity index (χ1n) is 5.82. The van der Waals surface area contributed by atoms with Crippen LogP contribution in [0, 0.1) is 0 Å². The lowest BCUT2D eigenvalue weighted by Crippen LogP contribution is -2.38. The maximum atomic E-state index is 11.5. The maximum Gasteiger partial charge on any atom is 0.236 e. The summed E-state index contributed by atoms with van der Waals surface area (Å²) in [5, 5.41) is 3.12. The van der Waals surface area contributed by atoms with Gasteiger partial charge in [0.15, 0.2) is 0 Å². The number of hydrogen-bond donors (Lipinski definition) is 1. The molecule has 0 aliphatic rings. The molecule has 0 spiro atoms. The number of likely N-dealkylation sites (N-methyl/N-ethyl adjacent to an activating group) is 1. The molecule has 0 aromatic carbocycles. The third kappa shape index (κ3) is 7.33. The molecule has 1 N–H and O–H groups in total. The van der Waals surface area contributed by atoms with Crippen molar-refractivity contribution in [2.24, 2.45) is 0 Å². The minimum atomic E-state index is 0.177. The lowest BCUT2D eigenvalue weighted by molar-refractivity contribution is -0.129. The Kier molecular flexibility index (Phi) is 9.52. The Labute approximate surface area is 93.0 Å². The van der Waals surface area contributed by atoms with Crippen molar-refractivity contribution in [3.63, 3.8) is 0 Å². The summed E-state index contributed by atoms with van der Waals surface area (Å²) < 4.78 is 5.19. The topological polar surface area (TPSA) is 41.6 Å². The van der Waals surface area contributed by atoms with Gasteiger partial charge in [-0.2, -0.15) is 0 Å². The van der Waals surface area contributed by atoms with E-state index in [0.717, 1.165) is 39.3 Å². The molecule has 0 aliphatic carbocycles. The fourth-order valence-electron chi connectivity index (χ4n) is 1.33. The van der Waals surface area contributed by atoms with Crippen LogP contribution in [0.3, 0.4) is 0 Å². The van der Waals surface area contributed by atoms with E-state index in [1.165, 1.54) is 0 Å². The van der Waals surface area contributed by atoms with Crippen molar-refractivity contribution in [2.45, 2.75) is 27.2 Å². The zero-order chi connectivity index (χ0) is 11.5. The van der Waals surface area contributed by atoms with Crippen molar-refractivity contribution < 1.29 is 9.53 Å². The number of carbonyl (C=O) groups is 1. The van der Waals surface area contributed by atoms with E-state index in [0.29, 0.717) is 6.54 Å². The van der Waals surface area contributed by atoms with E-state index in [-0.39, 0.29) is 5.91 Å². The van der Waals surface area contributed by atoms with E-state index in [4.69, 9.17) is 4.74 Å². The molecule has 0 aliphatic heterocycles. The van der Waals surface area contributed by atoms with Crippen molar-refractivity contribution >= 4 is 5.91 Å². The van der Waals surface area contributed by atoms with E-state index >= 15 is 0 Å². The van der Waals surface area contributed by atoms with Crippen LogP contribution < -0.4 is 5.32 Å². The van der Waals surface area contributed by atoms with Gasteiger partial charge >= 0.3 is 0 Å². The smallest absolute Gasteiger partial charge is 0.236 e. The quantitative estimate of drug-likeness (QED) is 0.582. The highest BCUT2D eigenvalue weighted by Crippen LogP contribution is 1.87. The summed E-state index contributed by atoms with van der Waals surface area (Å²) >= 11 is 0. The highest BCUT2D eigenvalue weighted by molar-refractivity contribution is 5.78. The zero-order valence-corrected chi connectivity index (χ0v) is 10.2. The minimum Gasteiger partial charge on any atom is -0.382 e. The summed E-state index contributed by atoms with van der Waals surface area (Å²) in [6.07, 6.45) is 0.958. The fraction of sp³-hybridized carbons (Fsp3) is 0.909. The Morgan fingerprint density at radius 1 is 1.27 bits per heavy atom. The van der Waals surface area contributed by atoms with Crippen molar-refractivity contribution in [3.8, 4) is 0 Å². The van der Waals surface area contributed by atoms with Gasteiger partial charge in [-0.25, -0.2) is 0 Å². The van der Waals surface area contributed by atoms with Crippen molar-refractivity contribution in [3.05, 3.63) is 0 Å². The molecular weight excluding hydrogens is 192 g/mol. The number of carbonyl (C=O) groups excluding carboxylic acids is 1. The lowest BCUT2D eigenvalue weighted by atomic mass is 10.4. The average Bonchev–Trinajstić information content (AvgIpc) is 2.25. The summed E-state index contributed by atoms with van der Waals surface area (Å²) in [7, 11) is 0. The third-order valence-corrected chi connectivity index (χ3v) is 2.24. The van der Waals surface area contributed by atoms with Crippen LogP contribution in [0.25, 0.3) is 0 Å². The van der Waals surface area contributed by atoms with Crippen LogP contribution in [0.5, 0.6) is 0 Å². The average molecular weight is 216 g/mol. The Balaban J connectivity index is 3.38. The van der Waals surface area contributed by atoms with Gasteiger partial charge in [0.25, 0.3) is 0 Å². The molecule has 0 aromatic rings. The van der Waals surface area contributed by atoms with Gasteiger partial charge in [0.1, 0.15) is 0 Å². The zero-order valence-electron chi connectivity index (χ0n) is 10.2. The normalized spacial score (nSPS) is 10.3. The van der Waals surface area contributed by atoms with Gasteiger partial charge in [-0.05, 0) is 33.7 Å². The number of amides is 1. The standard InChI is InChI=1S/C11H24N2O2/c1-4-13(5-2)11(14)10-12-8-7-9-15-6-3/h12H,4-10H2,1-3H3. The van der Waals surface area contributed by atoms with E-state index in [2.05, 4.69) is 5.32 Å². The second kappa shape index (κ2) is 9.93. The van der Waals surface area contributed by atoms with Gasteiger partial charge in [0, 0.05) is 26.3 Å². The molecule has 0 atom stereocenters. The Morgan fingerprint density at radius 2 is 1.93 bits per heavy atom. The van der Waals surface area contributed by atoms with Crippen LogP contribution in [0.4, 0.5) is 0 Å². The largest absolute Gasteiger partial charge is 0.382 e. The van der Waals surface area contributed by atoms with Crippen molar-refractivity contribution in [1.82, 2.24) is 10.2 Å². The van der Waals surface area contributed by atoms with E-state index in [1.54, 1.807) is 0 Å². The van der Waals surface area contributed by atoms with Crippen LogP contribution in [0.1, 0.15) is 27.2 Å². The Hall–Kier alpha value is -0.610. The molecule has 0 fully saturated rings. The van der Waals surface area contributed by atoms with E-state index < -0.39 is 0 Å². The summed E-state index contributed by atoms with van der Waals surface area (Å²) in [5.41, 5.74) is 0. The van der Waals surface area contributed by atoms with Gasteiger partial charge in [0.05, 0.1) is 6.54 Å². The minimum absolute atomic E-state index is 0.177. The predicted molar refractivity (Wildman–Crippen MR) is 61.9 cm³/mol. The van der Waals surface area contributed by atoms with E-state index in [1.807, 2.05) is 25.7 Å². The fourth-order valence-corrected chi connectivity index (χ4v) is 1.33. The molecule has 0 radical (unpaired) electrons. The Bertz CT molecular complexity index is 159. The predicted octanol–water partition coefficient (Wildman–Crippen LogP) is 0.871. The molecule has 0 heterocycles. The number of hydrogen-bond acceptors (Lipinski definition) is 3. The first-order valence-corrected chi connectivity index (χ1v) is 5.82. The molecule has 0 unspecified atom stereocenters. The molecule has 4 heteroatoms. The number of rotatable bonds is 9. The van der Waals surface area contributed by atoms with Crippen LogP contribution in [0.15, 0.2) is 0 Å². The summed E-state index contributed by atoms with van der Waals surface area (Å²) in [6, 6.07) is 0. The highest BCUT2D eigenvalue weighted by Gasteiger charge is 2.07. The lowest BCUT2D eigenvalue weighted by Gasteiger charge is -2.18. The molecule has 0 rings (SSSR count). The third-order valence-electron chi connectivity index (χ3n) is 2.24. The van der Waals surface area contributed by atoms with Crippen LogP contribution >= 0.6 is 0 Å². The SMILES string of the molecule is CCOCCCNCC(=O)N(CC)CC. The highest BCUT2D eigenvalue weighted by atomic mass is 16.5. The molecule has 90 valence electrons. The molecule has 15 heavy (non-hydrogen) atoms. The summed E-state index contributed by atoms with van der Waals surface area (Å²) in [6.45, 7) is 10.4. The maximum absolute atomic E-state index is 11.5. The van der Waals surface area contributed by atoms with Gasteiger partial charge in [0.2, 0.25) is 5.91 Å². The molecule has 0 saturated carbocycles. The summed E-state index contributed by atoms with van der Waals surface area (Å²) in [4.78, 5) is 13.4. The second-order valence-electron chi connectivity index (χ2n) is 3.29. The molecule has 4 nitrogen and oxygen atoms in total. The summed E-state index contributed by atoms with van der Waals surface area (Å²) in [5.74, 6) is 0.177. The molecule has 0 saturated heterocycles. The Morgan fingerprint density at radius 3 is 2.47 bits per heavy atom. The van der Waals surface area contributed by atoms with Gasteiger partial charge < -0.3 is 15.0 Å². The van der Waals surface area contributed by atoms with E-state index in [9.17, 15) is 4.79 Å². The van der Waals surface area contributed by atoms with Crippen molar-refractivity contribution in [2.75, 3.05) is 39.4 Å².